The van der Waals surface area contributed by atoms with Gasteiger partial charge in [-0.15, -0.1) is 0 Å². The van der Waals surface area contributed by atoms with Gasteiger partial charge in [0.2, 0.25) is 0 Å². The van der Waals surface area contributed by atoms with Gasteiger partial charge in [0.1, 0.15) is 5.82 Å². The second-order valence-electron chi connectivity index (χ2n) is 5.70. The summed E-state index contributed by atoms with van der Waals surface area (Å²) >= 11 is 0. The summed E-state index contributed by atoms with van der Waals surface area (Å²) in [5.41, 5.74) is 9.15. The Morgan fingerprint density at radius 2 is 2.09 bits per heavy atom. The molecule has 1 aliphatic carbocycles. The largest absolute Gasteiger partial charge is 0.399 e. The third-order valence-corrected chi connectivity index (χ3v) is 5.07. The molecule has 0 saturated carbocycles. The number of hydrogen-bond acceptors (Lipinski definition) is 5. The molecule has 22 heavy (non-hydrogen) atoms. The Bertz CT molecular complexity index is 786. The molecule has 0 bridgehead atoms. The molecule has 1 atom stereocenters. The summed E-state index contributed by atoms with van der Waals surface area (Å²) in [5, 5.41) is 3.39. The van der Waals surface area contributed by atoms with E-state index >= 15 is 0 Å². The Balaban J connectivity index is 1.83. The number of rotatable bonds is 3. The minimum Gasteiger partial charge on any atom is -0.399 e. The van der Waals surface area contributed by atoms with Crippen molar-refractivity contribution in [3.05, 3.63) is 47.7 Å². The van der Waals surface area contributed by atoms with Crippen molar-refractivity contribution in [1.29, 1.82) is 0 Å². The zero-order chi connectivity index (χ0) is 15.7. The minimum atomic E-state index is -3.21. The number of fused-ring (bicyclic) bond motifs is 1. The van der Waals surface area contributed by atoms with Gasteiger partial charge in [0.05, 0.1) is 10.9 Å². The maximum atomic E-state index is 11.5. The van der Waals surface area contributed by atoms with E-state index in [-0.39, 0.29) is 10.9 Å². The first kappa shape index (κ1) is 14.8. The topological polar surface area (TPSA) is 85.1 Å². The van der Waals surface area contributed by atoms with Gasteiger partial charge in [-0.25, -0.2) is 13.4 Å². The van der Waals surface area contributed by atoms with Crippen molar-refractivity contribution in [3.8, 4) is 0 Å². The Kier molecular flexibility index (Phi) is 3.78. The molecule has 2 aromatic rings. The van der Waals surface area contributed by atoms with Crippen LogP contribution in [0.25, 0.3) is 0 Å². The summed E-state index contributed by atoms with van der Waals surface area (Å²) in [6.07, 6.45) is 5.73. The number of benzene rings is 1. The van der Waals surface area contributed by atoms with E-state index in [0.717, 1.165) is 24.9 Å². The molecule has 3 rings (SSSR count). The van der Waals surface area contributed by atoms with Crippen molar-refractivity contribution in [2.24, 2.45) is 0 Å². The molecule has 1 aromatic carbocycles. The van der Waals surface area contributed by atoms with Crippen molar-refractivity contribution in [2.45, 2.75) is 30.2 Å². The van der Waals surface area contributed by atoms with Crippen molar-refractivity contribution in [1.82, 2.24) is 4.98 Å². The van der Waals surface area contributed by atoms with Crippen LogP contribution in [0.4, 0.5) is 11.5 Å². The molecular weight excluding hydrogens is 298 g/mol. The zero-order valence-electron chi connectivity index (χ0n) is 12.4. The van der Waals surface area contributed by atoms with Gasteiger partial charge in [-0.05, 0) is 54.7 Å². The molecule has 1 aliphatic rings. The Hall–Kier alpha value is -2.08. The molecule has 1 aromatic heterocycles. The number of aromatic nitrogens is 1. The second kappa shape index (κ2) is 5.61. The standard InChI is InChI=1S/C16H19N3O2S/c1-22(20,21)13-6-8-16(18-10-13)19-15-4-2-3-11-9-12(17)5-7-14(11)15/h5-10,15H,2-4,17H2,1H3,(H,18,19). The molecule has 0 radical (unpaired) electrons. The average Bonchev–Trinajstić information content (AvgIpc) is 2.47. The number of sulfone groups is 1. The van der Waals surface area contributed by atoms with Crippen LogP contribution in [0.15, 0.2) is 41.4 Å². The van der Waals surface area contributed by atoms with Crippen LogP contribution in [0.5, 0.6) is 0 Å². The van der Waals surface area contributed by atoms with Crippen molar-refractivity contribution in [2.75, 3.05) is 17.3 Å². The first-order chi connectivity index (χ1) is 10.4. The molecule has 0 saturated heterocycles. The van der Waals surface area contributed by atoms with Gasteiger partial charge < -0.3 is 11.1 Å². The Labute approximate surface area is 130 Å². The number of pyridine rings is 1. The highest BCUT2D eigenvalue weighted by Gasteiger charge is 2.20. The van der Waals surface area contributed by atoms with Crippen molar-refractivity contribution >= 4 is 21.3 Å². The number of nitrogens with zero attached hydrogens (tertiary/aromatic N) is 1. The third-order valence-electron chi connectivity index (χ3n) is 3.97. The van der Waals surface area contributed by atoms with E-state index in [2.05, 4.69) is 16.4 Å². The van der Waals surface area contributed by atoms with E-state index in [0.29, 0.717) is 5.82 Å². The van der Waals surface area contributed by atoms with E-state index in [1.54, 1.807) is 12.1 Å². The zero-order valence-corrected chi connectivity index (χ0v) is 13.2. The lowest BCUT2D eigenvalue weighted by atomic mass is 9.87. The number of nitrogens with two attached hydrogens (primary N) is 1. The van der Waals surface area contributed by atoms with Crippen LogP contribution in [0.2, 0.25) is 0 Å². The highest BCUT2D eigenvalue weighted by atomic mass is 32.2. The van der Waals surface area contributed by atoms with Gasteiger partial charge >= 0.3 is 0 Å². The van der Waals surface area contributed by atoms with E-state index in [4.69, 9.17) is 5.73 Å². The lowest BCUT2D eigenvalue weighted by Crippen LogP contribution is -2.18. The first-order valence-corrected chi connectivity index (χ1v) is 9.13. The average molecular weight is 317 g/mol. The number of nitrogen functional groups attached to an aromatic ring is 1. The van der Waals surface area contributed by atoms with Gasteiger partial charge in [0.15, 0.2) is 9.84 Å². The van der Waals surface area contributed by atoms with Gasteiger partial charge in [0, 0.05) is 18.1 Å². The summed E-state index contributed by atoms with van der Waals surface area (Å²) in [7, 11) is -3.21. The third kappa shape index (κ3) is 3.06. The summed E-state index contributed by atoms with van der Waals surface area (Å²) in [6, 6.07) is 9.48. The number of hydrogen-bond donors (Lipinski definition) is 2. The number of anilines is 2. The maximum Gasteiger partial charge on any atom is 0.177 e. The highest BCUT2D eigenvalue weighted by molar-refractivity contribution is 7.90. The van der Waals surface area contributed by atoms with Gasteiger partial charge in [-0.3, -0.25) is 0 Å². The summed E-state index contributed by atoms with van der Waals surface area (Å²) in [4.78, 5) is 4.45. The molecule has 0 spiro atoms. The number of aryl methyl sites for hydroxylation is 1. The summed E-state index contributed by atoms with van der Waals surface area (Å²) < 4.78 is 22.9. The predicted molar refractivity (Wildman–Crippen MR) is 87.5 cm³/mol. The quantitative estimate of drug-likeness (QED) is 0.850. The molecule has 5 nitrogen and oxygen atoms in total. The smallest absolute Gasteiger partial charge is 0.177 e. The molecular formula is C16H19N3O2S. The van der Waals surface area contributed by atoms with Crippen LogP contribution < -0.4 is 11.1 Å². The van der Waals surface area contributed by atoms with Crippen LogP contribution in [0.3, 0.4) is 0 Å². The fraction of sp³-hybridized carbons (Fsp3) is 0.312. The highest BCUT2D eigenvalue weighted by Crippen LogP contribution is 2.33. The Morgan fingerprint density at radius 3 is 2.77 bits per heavy atom. The molecule has 116 valence electrons. The predicted octanol–water partition coefficient (Wildman–Crippen LogP) is 2.56. The molecule has 0 aliphatic heterocycles. The molecule has 1 unspecified atom stereocenters. The molecule has 0 amide bonds. The van der Waals surface area contributed by atoms with Crippen LogP contribution >= 0.6 is 0 Å². The maximum absolute atomic E-state index is 11.5. The normalized spacial score (nSPS) is 17.8. The fourth-order valence-corrected chi connectivity index (χ4v) is 3.41. The SMILES string of the molecule is CS(=O)(=O)c1ccc(NC2CCCc3cc(N)ccc32)nc1. The summed E-state index contributed by atoms with van der Waals surface area (Å²) in [5.74, 6) is 0.682. The van der Waals surface area contributed by atoms with Crippen molar-refractivity contribution < 1.29 is 8.42 Å². The summed E-state index contributed by atoms with van der Waals surface area (Å²) in [6.45, 7) is 0. The van der Waals surface area contributed by atoms with E-state index in [9.17, 15) is 8.42 Å². The van der Waals surface area contributed by atoms with E-state index in [1.165, 1.54) is 23.6 Å². The van der Waals surface area contributed by atoms with Crippen LogP contribution in [-0.2, 0) is 16.3 Å². The van der Waals surface area contributed by atoms with Crippen LogP contribution in [-0.4, -0.2) is 19.7 Å². The molecule has 1 heterocycles. The van der Waals surface area contributed by atoms with E-state index < -0.39 is 9.84 Å². The fourth-order valence-electron chi connectivity index (χ4n) is 2.85. The molecule has 6 heteroatoms. The van der Waals surface area contributed by atoms with Gasteiger partial charge in [0.25, 0.3) is 0 Å². The van der Waals surface area contributed by atoms with Crippen molar-refractivity contribution in [3.63, 3.8) is 0 Å². The number of nitrogens with one attached hydrogen (secondary N) is 1. The molecule has 0 fully saturated rings. The van der Waals surface area contributed by atoms with Gasteiger partial charge in [-0.1, -0.05) is 6.07 Å². The van der Waals surface area contributed by atoms with Gasteiger partial charge in [-0.2, -0.15) is 0 Å². The van der Waals surface area contributed by atoms with Crippen LogP contribution in [0.1, 0.15) is 30.0 Å². The van der Waals surface area contributed by atoms with Crippen LogP contribution in [0, 0.1) is 0 Å². The Morgan fingerprint density at radius 1 is 1.27 bits per heavy atom. The lowest BCUT2D eigenvalue weighted by Gasteiger charge is -2.27. The molecule has 3 N–H and O–H groups in total. The second-order valence-corrected chi connectivity index (χ2v) is 7.71. The lowest BCUT2D eigenvalue weighted by molar-refractivity contribution is 0.597. The minimum absolute atomic E-state index is 0.181. The van der Waals surface area contributed by atoms with E-state index in [1.807, 2.05) is 12.1 Å². The monoisotopic (exact) mass is 317 g/mol. The first-order valence-electron chi connectivity index (χ1n) is 7.24.